The van der Waals surface area contributed by atoms with Gasteiger partial charge in [0.1, 0.15) is 80.5 Å². The SMILES string of the molecule is C.C.CCC.CCC.CCC.CCC.O=C(O)NCNC(=O)Oc1cccc(O)c1.Oc1cccc(O)c1.Oc1cccc(O)c1.Oc1cccc(O)c1.Oc1cccc(O)c1.[NH-]C(=O)Oc1cccc(O)c1.[NH-]C(=O)Oc1cccc(O)c1.[Y]. The number of hydrogen-bond acceptors (Lipinski definition) is 18. The number of ether oxygens (including phenoxy) is 3. The Bertz CT molecular complexity index is 2470. The molecule has 0 spiro atoms. The van der Waals surface area contributed by atoms with Gasteiger partial charge in [-0.05, 0) is 84.9 Å². The Hall–Kier alpha value is -9.48. The van der Waals surface area contributed by atoms with Gasteiger partial charge in [-0.3, -0.25) is 9.59 Å². The molecule has 0 heterocycles. The summed E-state index contributed by atoms with van der Waals surface area (Å²) in [6.45, 7) is 16.7. The van der Waals surface area contributed by atoms with Crippen molar-refractivity contribution >= 4 is 24.4 Å². The van der Waals surface area contributed by atoms with Crippen molar-refractivity contribution in [1.82, 2.24) is 10.6 Å². The van der Waals surface area contributed by atoms with Gasteiger partial charge in [0.2, 0.25) is 12.2 Å². The molecule has 1 radical (unpaired) electrons. The summed E-state index contributed by atoms with van der Waals surface area (Å²) < 4.78 is 13.5. The van der Waals surface area contributed by atoms with Crippen molar-refractivity contribution in [2.45, 2.75) is 95.9 Å². The van der Waals surface area contributed by atoms with E-state index in [2.05, 4.69) is 70.2 Å². The topological polar surface area (TPSA) is 410 Å². The predicted octanol–water partition coefficient (Wildman–Crippen LogP) is 15.9. The van der Waals surface area contributed by atoms with Gasteiger partial charge in [0.25, 0.3) is 0 Å². The minimum absolute atomic E-state index is 0. The van der Waals surface area contributed by atoms with Crippen LogP contribution >= 0.6 is 0 Å². The number of phenols is 11. The fourth-order valence-corrected chi connectivity index (χ4v) is 4.16. The van der Waals surface area contributed by atoms with E-state index < -0.39 is 24.4 Å². The van der Waals surface area contributed by atoms with E-state index in [4.69, 9.17) is 77.5 Å². The van der Waals surface area contributed by atoms with Gasteiger partial charge in [-0.25, -0.2) is 9.59 Å². The van der Waals surface area contributed by atoms with Gasteiger partial charge in [-0.1, -0.05) is 138 Å². The number of carbonyl (C=O) groups is 4. The molecule has 7 aromatic carbocycles. The summed E-state index contributed by atoms with van der Waals surface area (Å²) in [4.78, 5) is 41.3. The molecular formula is C61H86N4O19Y-2. The van der Waals surface area contributed by atoms with Crippen molar-refractivity contribution in [2.24, 2.45) is 0 Å². The fraction of sp³-hybridized carbons (Fsp3) is 0.246. The van der Waals surface area contributed by atoms with E-state index in [0.29, 0.717) is 0 Å². The van der Waals surface area contributed by atoms with Gasteiger partial charge in [-0.15, -0.1) is 0 Å². The van der Waals surface area contributed by atoms with E-state index in [1.54, 1.807) is 24.3 Å². The van der Waals surface area contributed by atoms with Gasteiger partial charge in [0.05, 0.1) is 6.67 Å². The van der Waals surface area contributed by atoms with E-state index in [1.807, 2.05) is 5.32 Å². The molecule has 7 rings (SSSR count). The molecule has 0 aliphatic rings. The van der Waals surface area contributed by atoms with Gasteiger partial charge in [0, 0.05) is 75.2 Å². The van der Waals surface area contributed by atoms with Crippen molar-refractivity contribution in [3.8, 4) is 80.5 Å². The van der Waals surface area contributed by atoms with E-state index in [0.717, 1.165) is 0 Å². The van der Waals surface area contributed by atoms with Crippen LogP contribution in [0.15, 0.2) is 170 Å². The van der Waals surface area contributed by atoms with Gasteiger partial charge >= 0.3 is 12.2 Å². The maximum absolute atomic E-state index is 11.1. The summed E-state index contributed by atoms with van der Waals surface area (Å²) in [5, 5.41) is 108. The molecular weight excluding hydrogens is 1180 g/mol. The Morgan fingerprint density at radius 1 is 0.341 bits per heavy atom. The first-order valence-corrected chi connectivity index (χ1v) is 24.8. The molecule has 4 amide bonds. The summed E-state index contributed by atoms with van der Waals surface area (Å²) in [5.74, 6) is 1.18. The second kappa shape index (κ2) is 59.2. The Kier molecular flexibility index (Phi) is 62.2. The average molecular weight is 1270 g/mol. The number of carbonyl (C=O) groups excluding carboxylic acids is 3. The Morgan fingerprint density at radius 2 is 0.518 bits per heavy atom. The molecule has 16 N–H and O–H groups in total. The standard InChI is InChI=1S/C9H10N2O5.2C7H7NO3.4C6H6O2.4C3H8.2CH4.Y/c12-6-2-1-3-7(4-6)16-9(15)11-5-10-8(13)14;2*8-7(10)11-6-3-1-2-5(9)4-6;4*7-5-2-1-3-6(8)4-5;4*1-3-2;;;/h1-4,10,12H,5H2,(H,11,15)(H,13,14);2*1-4H,(H3,8,9,10);4*1-4,7-8H;4*3H2,1-2H3;2*1H4;/p-2. The second-order valence-corrected chi connectivity index (χ2v) is 15.4. The number of amides is 4. The minimum Gasteiger partial charge on any atom is -0.631 e. The van der Waals surface area contributed by atoms with Crippen molar-refractivity contribution in [3.63, 3.8) is 0 Å². The quantitative estimate of drug-likeness (QED) is 0.0712. The first kappa shape index (κ1) is 89.3. The summed E-state index contributed by atoms with van der Waals surface area (Å²) in [5.41, 5.74) is 12.9. The Balaban J connectivity index is -0.000000163. The molecule has 0 atom stereocenters. The molecule has 0 fully saturated rings. The normalized spacial score (nSPS) is 8.33. The van der Waals surface area contributed by atoms with E-state index in [9.17, 15) is 19.2 Å². The summed E-state index contributed by atoms with van der Waals surface area (Å²) >= 11 is 0. The first-order chi connectivity index (χ1) is 38.7. The minimum atomic E-state index is -1.25. The number of aromatic hydroxyl groups is 11. The van der Waals surface area contributed by atoms with Crippen LogP contribution in [0.3, 0.4) is 0 Å². The average Bonchev–Trinajstić information content (AvgIpc) is 3.36. The predicted molar refractivity (Wildman–Crippen MR) is 327 cm³/mol. The summed E-state index contributed by atoms with van der Waals surface area (Å²) in [7, 11) is 0. The van der Waals surface area contributed by atoms with Crippen LogP contribution in [0.1, 0.15) is 95.9 Å². The van der Waals surface area contributed by atoms with Crippen molar-refractivity contribution in [1.29, 1.82) is 0 Å². The smallest absolute Gasteiger partial charge is 0.413 e. The molecule has 469 valence electrons. The molecule has 24 heteroatoms. The maximum atomic E-state index is 11.1. The maximum Gasteiger partial charge on any atom is 0.413 e. The zero-order chi connectivity index (χ0) is 63.3. The van der Waals surface area contributed by atoms with Gasteiger partial charge in [0.15, 0.2) is 0 Å². The van der Waals surface area contributed by atoms with Gasteiger partial charge in [-0.2, -0.15) is 0 Å². The molecule has 85 heavy (non-hydrogen) atoms. The van der Waals surface area contributed by atoms with Crippen molar-refractivity contribution in [3.05, 3.63) is 181 Å². The zero-order valence-corrected chi connectivity index (χ0v) is 50.3. The van der Waals surface area contributed by atoms with Crippen LogP contribution in [-0.2, 0) is 32.7 Å². The number of carboxylic acid groups (broad SMARTS) is 1. The third kappa shape index (κ3) is 63.6. The van der Waals surface area contributed by atoms with Crippen molar-refractivity contribution in [2.75, 3.05) is 6.67 Å². The van der Waals surface area contributed by atoms with Gasteiger partial charge < -0.3 is 97.6 Å². The summed E-state index contributed by atoms with van der Waals surface area (Å²) in [6, 6.07) is 40.5. The van der Waals surface area contributed by atoms with Crippen LogP contribution in [0, 0.1) is 0 Å². The Morgan fingerprint density at radius 3 is 0.671 bits per heavy atom. The third-order valence-electron chi connectivity index (χ3n) is 6.88. The molecule has 23 nitrogen and oxygen atoms in total. The van der Waals surface area contributed by atoms with Crippen LogP contribution in [0.5, 0.6) is 80.5 Å². The summed E-state index contributed by atoms with van der Waals surface area (Å²) in [6.07, 6.45) is 0.642. The van der Waals surface area contributed by atoms with Crippen LogP contribution in [-0.4, -0.2) is 92.3 Å². The number of benzene rings is 7. The first-order valence-electron chi connectivity index (χ1n) is 24.8. The third-order valence-corrected chi connectivity index (χ3v) is 6.88. The number of hydrogen-bond donors (Lipinski definition) is 14. The Labute approximate surface area is 523 Å². The second-order valence-electron chi connectivity index (χ2n) is 15.4. The molecule has 0 unspecified atom stereocenters. The molecule has 0 saturated heterocycles. The largest absolute Gasteiger partial charge is 0.631 e. The molecule has 0 aliphatic heterocycles. The number of rotatable bonds is 5. The zero-order valence-electron chi connectivity index (χ0n) is 47.5. The van der Waals surface area contributed by atoms with Crippen LogP contribution in [0.4, 0.5) is 19.2 Å². The fourth-order valence-electron chi connectivity index (χ4n) is 4.16. The van der Waals surface area contributed by atoms with Crippen molar-refractivity contribution < 1.29 is 127 Å². The van der Waals surface area contributed by atoms with Crippen LogP contribution < -0.4 is 24.8 Å². The van der Waals surface area contributed by atoms with E-state index in [1.165, 1.54) is 171 Å². The molecule has 0 bridgehead atoms. The van der Waals surface area contributed by atoms with E-state index in [-0.39, 0.29) is 135 Å². The molecule has 0 saturated carbocycles. The van der Waals surface area contributed by atoms with E-state index >= 15 is 0 Å². The monoisotopic (exact) mass is 1270 g/mol. The molecule has 0 aromatic heterocycles. The van der Waals surface area contributed by atoms with Crippen LogP contribution in [0.2, 0.25) is 0 Å². The molecule has 7 aromatic rings. The van der Waals surface area contributed by atoms with Crippen LogP contribution in [0.25, 0.3) is 11.5 Å². The number of phenolic OH excluding ortho intramolecular Hbond substituents is 11. The number of nitrogens with one attached hydrogen (secondary N) is 4. The molecule has 0 aliphatic carbocycles.